The highest BCUT2D eigenvalue weighted by Gasteiger charge is 2.33. The van der Waals surface area contributed by atoms with E-state index in [2.05, 4.69) is 12.2 Å². The molecule has 0 aliphatic carbocycles. The van der Waals surface area contributed by atoms with E-state index in [4.69, 9.17) is 4.74 Å². The fourth-order valence-corrected chi connectivity index (χ4v) is 1.98. The summed E-state index contributed by atoms with van der Waals surface area (Å²) in [6, 6.07) is 3.72. The zero-order chi connectivity index (χ0) is 10.0. The maximum absolute atomic E-state index is 11.6. The van der Waals surface area contributed by atoms with Gasteiger partial charge >= 0.3 is 0 Å². The first-order valence-corrected chi connectivity index (χ1v) is 5.47. The van der Waals surface area contributed by atoms with Gasteiger partial charge in [-0.2, -0.15) is 0 Å². The van der Waals surface area contributed by atoms with E-state index in [-0.39, 0.29) is 11.3 Å². The molecule has 4 heteroatoms. The number of ether oxygens (including phenoxy) is 1. The summed E-state index contributed by atoms with van der Waals surface area (Å²) in [7, 11) is 0. The summed E-state index contributed by atoms with van der Waals surface area (Å²) >= 11 is 1.46. The highest BCUT2D eigenvalue weighted by molar-refractivity contribution is 7.12. The van der Waals surface area contributed by atoms with Crippen molar-refractivity contribution in [2.45, 2.75) is 6.92 Å². The minimum atomic E-state index is 0.0214. The smallest absolute Gasteiger partial charge is 0.261 e. The van der Waals surface area contributed by atoms with Crippen LogP contribution in [-0.4, -0.2) is 25.7 Å². The monoisotopic (exact) mass is 211 g/mol. The Hall–Kier alpha value is -0.870. The van der Waals surface area contributed by atoms with Gasteiger partial charge in [0.25, 0.3) is 5.91 Å². The number of carbonyl (C=O) groups is 1. The summed E-state index contributed by atoms with van der Waals surface area (Å²) in [4.78, 5) is 12.3. The topological polar surface area (TPSA) is 38.3 Å². The highest BCUT2D eigenvalue weighted by atomic mass is 32.1. The van der Waals surface area contributed by atoms with Gasteiger partial charge in [-0.3, -0.25) is 4.79 Å². The van der Waals surface area contributed by atoms with Crippen molar-refractivity contribution in [2.24, 2.45) is 5.41 Å². The van der Waals surface area contributed by atoms with Gasteiger partial charge in [-0.05, 0) is 11.4 Å². The number of thiophene rings is 1. The number of amides is 1. The summed E-state index contributed by atoms with van der Waals surface area (Å²) in [5.41, 5.74) is 0.146. The van der Waals surface area contributed by atoms with Crippen LogP contribution in [0.3, 0.4) is 0 Å². The molecule has 0 spiro atoms. The minimum Gasteiger partial charge on any atom is -0.380 e. The molecule has 1 aromatic heterocycles. The molecule has 1 fully saturated rings. The normalized spacial score (nSPS) is 18.6. The van der Waals surface area contributed by atoms with Gasteiger partial charge in [-0.25, -0.2) is 0 Å². The lowest BCUT2D eigenvalue weighted by molar-refractivity contribution is -0.0978. The van der Waals surface area contributed by atoms with Gasteiger partial charge in [0.1, 0.15) is 0 Å². The Labute approximate surface area is 87.1 Å². The Morgan fingerprint density at radius 3 is 3.00 bits per heavy atom. The second-order valence-corrected chi connectivity index (χ2v) is 4.91. The van der Waals surface area contributed by atoms with Crippen LogP contribution in [0.25, 0.3) is 0 Å². The van der Waals surface area contributed by atoms with Crippen molar-refractivity contribution in [1.29, 1.82) is 0 Å². The Morgan fingerprint density at radius 2 is 2.50 bits per heavy atom. The molecule has 1 amide bonds. The molecule has 0 bridgehead atoms. The van der Waals surface area contributed by atoms with Gasteiger partial charge in [0.15, 0.2) is 0 Å². The number of hydrogen-bond donors (Lipinski definition) is 1. The molecule has 1 aromatic rings. The van der Waals surface area contributed by atoms with Crippen LogP contribution in [0.2, 0.25) is 0 Å². The molecule has 14 heavy (non-hydrogen) atoms. The summed E-state index contributed by atoms with van der Waals surface area (Å²) in [5, 5.41) is 4.82. The zero-order valence-electron chi connectivity index (χ0n) is 8.08. The van der Waals surface area contributed by atoms with E-state index in [1.165, 1.54) is 11.3 Å². The zero-order valence-corrected chi connectivity index (χ0v) is 8.89. The van der Waals surface area contributed by atoms with Crippen molar-refractivity contribution in [3.63, 3.8) is 0 Å². The van der Waals surface area contributed by atoms with Crippen molar-refractivity contribution in [1.82, 2.24) is 5.32 Å². The fraction of sp³-hybridized carbons (Fsp3) is 0.500. The Morgan fingerprint density at radius 1 is 1.71 bits per heavy atom. The number of hydrogen-bond acceptors (Lipinski definition) is 3. The number of carbonyl (C=O) groups excluding carboxylic acids is 1. The lowest BCUT2D eigenvalue weighted by Gasteiger charge is -2.37. The quantitative estimate of drug-likeness (QED) is 0.823. The first-order chi connectivity index (χ1) is 6.70. The lowest BCUT2D eigenvalue weighted by atomic mass is 9.89. The van der Waals surface area contributed by atoms with Crippen molar-refractivity contribution in [2.75, 3.05) is 19.8 Å². The highest BCUT2D eigenvalue weighted by Crippen LogP contribution is 2.25. The van der Waals surface area contributed by atoms with Crippen LogP contribution in [0.15, 0.2) is 17.5 Å². The van der Waals surface area contributed by atoms with Gasteiger partial charge in [-0.1, -0.05) is 13.0 Å². The van der Waals surface area contributed by atoms with E-state index in [0.29, 0.717) is 6.54 Å². The van der Waals surface area contributed by atoms with Crippen molar-refractivity contribution in [3.8, 4) is 0 Å². The number of rotatable bonds is 3. The van der Waals surface area contributed by atoms with Crippen LogP contribution in [0.1, 0.15) is 16.6 Å². The molecule has 1 aliphatic rings. The predicted octanol–water partition coefficient (Wildman–Crippen LogP) is 1.51. The third-order valence-corrected chi connectivity index (χ3v) is 3.19. The van der Waals surface area contributed by atoms with Gasteiger partial charge in [-0.15, -0.1) is 11.3 Å². The molecule has 1 N–H and O–H groups in total. The number of nitrogens with one attached hydrogen (secondary N) is 1. The van der Waals surface area contributed by atoms with Crippen molar-refractivity contribution < 1.29 is 9.53 Å². The van der Waals surface area contributed by atoms with Crippen LogP contribution in [0.5, 0.6) is 0 Å². The van der Waals surface area contributed by atoms with Gasteiger partial charge in [0.2, 0.25) is 0 Å². The van der Waals surface area contributed by atoms with E-state index in [1.54, 1.807) is 0 Å². The molecule has 3 nitrogen and oxygen atoms in total. The summed E-state index contributed by atoms with van der Waals surface area (Å²) in [5.74, 6) is 0.0214. The molecule has 2 heterocycles. The largest absolute Gasteiger partial charge is 0.380 e. The molecule has 0 atom stereocenters. The Bertz CT molecular complexity index is 317. The predicted molar refractivity (Wildman–Crippen MR) is 55.6 cm³/mol. The molecule has 1 saturated heterocycles. The van der Waals surface area contributed by atoms with E-state index in [9.17, 15) is 4.79 Å². The van der Waals surface area contributed by atoms with Crippen LogP contribution in [0, 0.1) is 5.41 Å². The third kappa shape index (κ3) is 1.96. The van der Waals surface area contributed by atoms with E-state index in [0.717, 1.165) is 18.1 Å². The molecule has 0 saturated carbocycles. The second kappa shape index (κ2) is 3.71. The molecule has 0 aromatic carbocycles. The van der Waals surface area contributed by atoms with Gasteiger partial charge in [0, 0.05) is 12.0 Å². The third-order valence-electron chi connectivity index (χ3n) is 2.32. The summed E-state index contributed by atoms with van der Waals surface area (Å²) in [6.07, 6.45) is 0. The van der Waals surface area contributed by atoms with E-state index >= 15 is 0 Å². The van der Waals surface area contributed by atoms with Gasteiger partial charge < -0.3 is 10.1 Å². The molecule has 0 unspecified atom stereocenters. The second-order valence-electron chi connectivity index (χ2n) is 3.96. The lowest BCUT2D eigenvalue weighted by Crippen LogP contribution is -2.48. The molecule has 76 valence electrons. The Kier molecular flexibility index (Phi) is 2.56. The first-order valence-electron chi connectivity index (χ1n) is 4.59. The van der Waals surface area contributed by atoms with Crippen molar-refractivity contribution in [3.05, 3.63) is 22.4 Å². The molecular formula is C10H13NO2S. The van der Waals surface area contributed by atoms with Crippen molar-refractivity contribution >= 4 is 17.2 Å². The average Bonchev–Trinajstić information content (AvgIpc) is 2.63. The maximum Gasteiger partial charge on any atom is 0.261 e. The standard InChI is InChI=1S/C10H13NO2S/c1-10(6-13-7-10)5-11-9(12)8-3-2-4-14-8/h2-4H,5-7H2,1H3,(H,11,12). The molecule has 0 radical (unpaired) electrons. The average molecular weight is 211 g/mol. The fourth-order valence-electron chi connectivity index (χ4n) is 1.34. The van der Waals surface area contributed by atoms with Crippen LogP contribution >= 0.6 is 11.3 Å². The van der Waals surface area contributed by atoms with Gasteiger partial charge in [0.05, 0.1) is 18.1 Å². The van der Waals surface area contributed by atoms with E-state index in [1.807, 2.05) is 17.5 Å². The van der Waals surface area contributed by atoms with Crippen LogP contribution in [-0.2, 0) is 4.74 Å². The van der Waals surface area contributed by atoms with Crippen LogP contribution in [0.4, 0.5) is 0 Å². The summed E-state index contributed by atoms with van der Waals surface area (Å²) < 4.78 is 5.11. The maximum atomic E-state index is 11.6. The molecule has 2 rings (SSSR count). The SMILES string of the molecule is CC1(CNC(=O)c2cccs2)COC1. The first kappa shape index (κ1) is 9.68. The molecule has 1 aliphatic heterocycles. The Balaban J connectivity index is 1.84. The van der Waals surface area contributed by atoms with E-state index < -0.39 is 0 Å². The van der Waals surface area contributed by atoms with Crippen LogP contribution < -0.4 is 5.32 Å². The molecular weight excluding hydrogens is 198 g/mol. The summed E-state index contributed by atoms with van der Waals surface area (Å²) in [6.45, 7) is 4.31. The minimum absolute atomic E-state index is 0.0214.